The van der Waals surface area contributed by atoms with Gasteiger partial charge in [0.15, 0.2) is 11.6 Å². The van der Waals surface area contributed by atoms with E-state index in [2.05, 4.69) is 13.2 Å². The van der Waals surface area contributed by atoms with Gasteiger partial charge in [0.1, 0.15) is 0 Å². The molecule has 0 amide bonds. The number of carbonyl (C=O) groups excluding carboxylic acids is 2. The molecular formula is C30H22O2. The maximum absolute atomic E-state index is 12.9. The highest BCUT2D eigenvalue weighted by atomic mass is 16.1. The molecule has 0 fully saturated rings. The fraction of sp³-hybridized carbons (Fsp3) is 0. The summed E-state index contributed by atoms with van der Waals surface area (Å²) in [6.07, 6.45) is 0. The van der Waals surface area contributed by atoms with E-state index >= 15 is 0 Å². The summed E-state index contributed by atoms with van der Waals surface area (Å²) < 4.78 is 0. The van der Waals surface area contributed by atoms with Gasteiger partial charge < -0.3 is 0 Å². The quantitative estimate of drug-likeness (QED) is 0.182. The molecule has 4 aromatic rings. The van der Waals surface area contributed by atoms with Gasteiger partial charge in [-0.25, -0.2) is 0 Å². The standard InChI is InChI=1S/C30H22O2/c1-21(29(31)27-17-13-25(14-18-27)23-9-5-3-6-10-23)22(2)30(32)28-19-15-26(16-20-28)24-11-7-4-8-12-24/h3-20H,1-2H2. The van der Waals surface area contributed by atoms with Gasteiger partial charge in [0.25, 0.3) is 0 Å². The molecule has 0 aromatic heterocycles. The van der Waals surface area contributed by atoms with Gasteiger partial charge in [-0.05, 0) is 22.3 Å². The van der Waals surface area contributed by atoms with E-state index < -0.39 is 0 Å². The van der Waals surface area contributed by atoms with Crippen molar-refractivity contribution in [2.24, 2.45) is 0 Å². The Morgan fingerprint density at radius 3 is 1.00 bits per heavy atom. The van der Waals surface area contributed by atoms with Crippen LogP contribution >= 0.6 is 0 Å². The third-order valence-electron chi connectivity index (χ3n) is 5.42. The third kappa shape index (κ3) is 4.40. The SMILES string of the molecule is C=C(C(=C)C(=O)c1ccc(-c2ccccc2)cc1)C(=O)c1ccc(-c2ccccc2)cc1. The van der Waals surface area contributed by atoms with Gasteiger partial charge in [-0.3, -0.25) is 9.59 Å². The minimum atomic E-state index is -0.302. The molecule has 154 valence electrons. The zero-order chi connectivity index (χ0) is 22.5. The second-order valence-corrected chi connectivity index (χ2v) is 7.50. The van der Waals surface area contributed by atoms with Gasteiger partial charge in [-0.2, -0.15) is 0 Å². The highest BCUT2D eigenvalue weighted by Crippen LogP contribution is 2.24. The number of ketones is 2. The molecule has 0 aliphatic heterocycles. The van der Waals surface area contributed by atoms with Gasteiger partial charge in [0.05, 0.1) is 0 Å². The van der Waals surface area contributed by atoms with E-state index in [0.29, 0.717) is 11.1 Å². The van der Waals surface area contributed by atoms with Crippen LogP contribution in [0.2, 0.25) is 0 Å². The minimum absolute atomic E-state index is 0.106. The van der Waals surface area contributed by atoms with Crippen LogP contribution < -0.4 is 0 Å². The molecule has 0 unspecified atom stereocenters. The summed E-state index contributed by atoms with van der Waals surface area (Å²) in [6, 6.07) is 34.4. The predicted octanol–water partition coefficient (Wildman–Crippen LogP) is 7.20. The first-order valence-corrected chi connectivity index (χ1v) is 10.3. The van der Waals surface area contributed by atoms with E-state index in [0.717, 1.165) is 22.3 Å². The zero-order valence-electron chi connectivity index (χ0n) is 17.6. The predicted molar refractivity (Wildman–Crippen MR) is 131 cm³/mol. The van der Waals surface area contributed by atoms with Crippen molar-refractivity contribution in [3.63, 3.8) is 0 Å². The summed E-state index contributed by atoms with van der Waals surface area (Å²) in [5.41, 5.74) is 5.34. The second kappa shape index (κ2) is 9.23. The number of Topliss-reactive ketones (excluding diaryl/α,β-unsaturated/α-hetero) is 2. The maximum atomic E-state index is 12.9. The van der Waals surface area contributed by atoms with E-state index in [4.69, 9.17) is 0 Å². The largest absolute Gasteiger partial charge is 0.289 e. The topological polar surface area (TPSA) is 34.1 Å². The summed E-state index contributed by atoms with van der Waals surface area (Å²) >= 11 is 0. The lowest BCUT2D eigenvalue weighted by Crippen LogP contribution is -2.11. The molecule has 0 heterocycles. The van der Waals surface area contributed by atoms with Gasteiger partial charge in [-0.1, -0.05) is 122 Å². The van der Waals surface area contributed by atoms with Gasteiger partial charge in [-0.15, -0.1) is 0 Å². The van der Waals surface area contributed by atoms with Crippen molar-refractivity contribution in [1.82, 2.24) is 0 Å². The lowest BCUT2D eigenvalue weighted by molar-refractivity contribution is 0.0998. The molecule has 2 heteroatoms. The summed E-state index contributed by atoms with van der Waals surface area (Å²) in [6.45, 7) is 7.71. The Morgan fingerprint density at radius 1 is 0.406 bits per heavy atom. The van der Waals surface area contributed by atoms with Crippen LogP contribution in [0.15, 0.2) is 133 Å². The summed E-state index contributed by atoms with van der Waals surface area (Å²) in [5.74, 6) is -0.604. The fourth-order valence-electron chi connectivity index (χ4n) is 3.51. The molecule has 0 atom stereocenters. The minimum Gasteiger partial charge on any atom is -0.289 e. The van der Waals surface area contributed by atoms with Gasteiger partial charge >= 0.3 is 0 Å². The van der Waals surface area contributed by atoms with E-state index in [-0.39, 0.29) is 22.7 Å². The van der Waals surface area contributed by atoms with Crippen molar-refractivity contribution >= 4 is 11.6 Å². The van der Waals surface area contributed by atoms with Crippen LogP contribution in [-0.2, 0) is 0 Å². The molecule has 0 aliphatic carbocycles. The number of rotatable bonds is 7. The average Bonchev–Trinajstić information content (AvgIpc) is 2.88. The van der Waals surface area contributed by atoms with Crippen LogP contribution in [0.25, 0.3) is 22.3 Å². The monoisotopic (exact) mass is 414 g/mol. The van der Waals surface area contributed by atoms with E-state index in [1.165, 1.54) is 0 Å². The Bertz CT molecular complexity index is 1180. The van der Waals surface area contributed by atoms with Crippen LogP contribution in [0.1, 0.15) is 20.7 Å². The van der Waals surface area contributed by atoms with Gasteiger partial charge in [0.2, 0.25) is 0 Å². The molecule has 0 aliphatic rings. The van der Waals surface area contributed by atoms with Gasteiger partial charge in [0, 0.05) is 22.3 Å². The first kappa shape index (κ1) is 21.0. The van der Waals surface area contributed by atoms with Crippen LogP contribution in [0, 0.1) is 0 Å². The van der Waals surface area contributed by atoms with Crippen molar-refractivity contribution in [2.45, 2.75) is 0 Å². The molecule has 4 aromatic carbocycles. The van der Waals surface area contributed by atoms with Crippen molar-refractivity contribution in [1.29, 1.82) is 0 Å². The molecule has 0 N–H and O–H groups in total. The highest BCUT2D eigenvalue weighted by molar-refractivity contribution is 6.22. The molecule has 0 spiro atoms. The van der Waals surface area contributed by atoms with Crippen molar-refractivity contribution in [2.75, 3.05) is 0 Å². The lowest BCUT2D eigenvalue weighted by atomic mass is 9.92. The molecule has 0 saturated heterocycles. The molecular weight excluding hydrogens is 392 g/mol. The normalized spacial score (nSPS) is 10.4. The smallest absolute Gasteiger partial charge is 0.193 e. The number of benzene rings is 4. The Hall–Kier alpha value is -4.30. The Labute approximate surface area is 188 Å². The highest BCUT2D eigenvalue weighted by Gasteiger charge is 2.19. The maximum Gasteiger partial charge on any atom is 0.193 e. The molecule has 0 radical (unpaired) electrons. The first-order valence-electron chi connectivity index (χ1n) is 10.3. The fourth-order valence-corrected chi connectivity index (χ4v) is 3.51. The molecule has 4 rings (SSSR count). The van der Waals surface area contributed by atoms with Crippen LogP contribution in [0.5, 0.6) is 0 Å². The Kier molecular flexibility index (Phi) is 6.05. The first-order chi connectivity index (χ1) is 15.5. The third-order valence-corrected chi connectivity index (χ3v) is 5.42. The summed E-state index contributed by atoms with van der Waals surface area (Å²) in [5, 5.41) is 0. The van der Waals surface area contributed by atoms with Crippen LogP contribution in [0.3, 0.4) is 0 Å². The summed E-state index contributed by atoms with van der Waals surface area (Å²) in [4.78, 5) is 25.8. The van der Waals surface area contributed by atoms with E-state index in [9.17, 15) is 9.59 Å². The number of carbonyl (C=O) groups is 2. The van der Waals surface area contributed by atoms with Crippen molar-refractivity contribution in [3.05, 3.63) is 145 Å². The van der Waals surface area contributed by atoms with E-state index in [1.807, 2.05) is 84.9 Å². The zero-order valence-corrected chi connectivity index (χ0v) is 17.6. The Balaban J connectivity index is 1.47. The molecule has 0 saturated carbocycles. The van der Waals surface area contributed by atoms with Crippen LogP contribution in [0.4, 0.5) is 0 Å². The van der Waals surface area contributed by atoms with Crippen molar-refractivity contribution in [3.8, 4) is 22.3 Å². The molecule has 2 nitrogen and oxygen atoms in total. The lowest BCUT2D eigenvalue weighted by Gasteiger charge is -2.10. The summed E-state index contributed by atoms with van der Waals surface area (Å²) in [7, 11) is 0. The van der Waals surface area contributed by atoms with Crippen molar-refractivity contribution < 1.29 is 9.59 Å². The second-order valence-electron chi connectivity index (χ2n) is 7.50. The molecule has 32 heavy (non-hydrogen) atoms. The number of hydrogen-bond donors (Lipinski definition) is 0. The Morgan fingerprint density at radius 2 is 0.688 bits per heavy atom. The van der Waals surface area contributed by atoms with E-state index in [1.54, 1.807) is 24.3 Å². The number of hydrogen-bond acceptors (Lipinski definition) is 2. The number of allylic oxidation sites excluding steroid dienone is 2. The molecule has 0 bridgehead atoms. The average molecular weight is 415 g/mol. The van der Waals surface area contributed by atoms with Crippen LogP contribution in [-0.4, -0.2) is 11.6 Å².